The van der Waals surface area contributed by atoms with Crippen molar-refractivity contribution in [3.63, 3.8) is 0 Å². The van der Waals surface area contributed by atoms with Crippen LogP contribution in [0.1, 0.15) is 77.0 Å². The van der Waals surface area contributed by atoms with Gasteiger partial charge in [-0.1, -0.05) is 77.0 Å². The van der Waals surface area contributed by atoms with Crippen molar-refractivity contribution in [3.05, 3.63) is 0 Å². The molecule has 0 saturated heterocycles. The summed E-state index contributed by atoms with van der Waals surface area (Å²) in [5, 5.41) is 10.8. The van der Waals surface area contributed by atoms with E-state index in [0.29, 0.717) is 0 Å². The van der Waals surface area contributed by atoms with Gasteiger partial charge >= 0.3 is 0 Å². The molecule has 2 saturated carbocycles. The Kier molecular flexibility index (Phi) is 13.3. The van der Waals surface area contributed by atoms with Crippen molar-refractivity contribution in [3.8, 4) is 0 Å². The molecule has 0 aromatic heterocycles. The van der Waals surface area contributed by atoms with Crippen LogP contribution in [0.2, 0.25) is 0 Å². The molecule has 0 aromatic rings. The van der Waals surface area contributed by atoms with Gasteiger partial charge in [0.15, 0.2) is 0 Å². The second-order valence-corrected chi connectivity index (χ2v) is 5.79. The summed E-state index contributed by atoms with van der Waals surface area (Å²) in [6.45, 7) is 0. The largest absolute Gasteiger partial charge is 0.231 e. The number of nitrogens with one attached hydrogen (secondary N) is 2. The van der Waals surface area contributed by atoms with E-state index >= 15 is 0 Å². The Morgan fingerprint density at radius 2 is 0.900 bits per heavy atom. The molecule has 2 aliphatic carbocycles. The Morgan fingerprint density at radius 3 is 1.15 bits per heavy atom. The molecular formula is C16H28N2O2. The fraction of sp³-hybridized carbons (Fsp3) is 0.875. The van der Waals surface area contributed by atoms with Crippen LogP contribution in [0.4, 0.5) is 0 Å². The third-order valence-electron chi connectivity index (χ3n) is 4.43. The molecule has 2 fully saturated rings. The van der Waals surface area contributed by atoms with E-state index < -0.39 is 0 Å². The average molecular weight is 280 g/mol. The highest BCUT2D eigenvalue weighted by molar-refractivity contribution is 5.26. The molecule has 114 valence electrons. The minimum Gasteiger partial charge on any atom is -0.222 e. The maximum atomic E-state index is 8.35. The number of rotatable bonds is 3. The third kappa shape index (κ3) is 10.7. The van der Waals surface area contributed by atoms with Gasteiger partial charge in [-0.3, -0.25) is 0 Å². The summed E-state index contributed by atoms with van der Waals surface area (Å²) in [6.07, 6.45) is 19.9. The van der Waals surface area contributed by atoms with Crippen LogP contribution in [0, 0.1) is 22.7 Å². The molecule has 2 aliphatic rings. The van der Waals surface area contributed by atoms with Crippen LogP contribution in [0.5, 0.6) is 0 Å². The predicted molar refractivity (Wildman–Crippen MR) is 79.2 cm³/mol. The van der Waals surface area contributed by atoms with Crippen molar-refractivity contribution in [1.82, 2.24) is 0 Å². The maximum Gasteiger partial charge on any atom is 0.231 e. The van der Waals surface area contributed by atoms with Crippen LogP contribution < -0.4 is 0 Å². The van der Waals surface area contributed by atoms with Crippen LogP contribution in [0.15, 0.2) is 0 Å². The third-order valence-corrected chi connectivity index (χ3v) is 4.43. The van der Waals surface area contributed by atoms with Gasteiger partial charge in [-0.05, 0) is 11.8 Å². The highest BCUT2D eigenvalue weighted by Crippen LogP contribution is 2.32. The molecule has 4 heteroatoms. The number of isocyanates is 2. The minimum atomic E-state index is 0.750. The van der Waals surface area contributed by atoms with Gasteiger partial charge < -0.3 is 0 Å². The summed E-state index contributed by atoms with van der Waals surface area (Å²) in [5.74, 6) is 2.23. The Hall–Kier alpha value is -1.24. The van der Waals surface area contributed by atoms with Crippen molar-refractivity contribution in [1.29, 1.82) is 10.8 Å². The zero-order chi connectivity index (χ0) is 15.1. The zero-order valence-corrected chi connectivity index (χ0v) is 12.5. The Bertz CT molecular complexity index is 251. The molecule has 2 rings (SSSR count). The van der Waals surface area contributed by atoms with E-state index in [-0.39, 0.29) is 0 Å². The zero-order valence-electron chi connectivity index (χ0n) is 12.5. The average Bonchev–Trinajstić information content (AvgIpc) is 2.49. The number of carbonyl (C=O) groups excluding carboxylic acids is 2. The number of hydrogen-bond donors (Lipinski definition) is 2. The second-order valence-electron chi connectivity index (χ2n) is 5.79. The Labute approximate surface area is 122 Å². The Balaban J connectivity index is 0.000000520. The first-order valence-electron chi connectivity index (χ1n) is 7.86. The molecule has 4 nitrogen and oxygen atoms in total. The molecule has 0 radical (unpaired) electrons. The molecule has 0 atom stereocenters. The summed E-state index contributed by atoms with van der Waals surface area (Å²) in [7, 11) is 0. The smallest absolute Gasteiger partial charge is 0.222 e. The molecular weight excluding hydrogens is 252 g/mol. The summed E-state index contributed by atoms with van der Waals surface area (Å²) in [4.78, 5) is 16.7. The molecule has 20 heavy (non-hydrogen) atoms. The Morgan fingerprint density at radius 1 is 0.650 bits per heavy atom. The van der Waals surface area contributed by atoms with Gasteiger partial charge in [0.2, 0.25) is 12.2 Å². The molecule has 2 N–H and O–H groups in total. The highest BCUT2D eigenvalue weighted by atomic mass is 16.1. The van der Waals surface area contributed by atoms with Crippen LogP contribution in [-0.4, -0.2) is 12.2 Å². The maximum absolute atomic E-state index is 8.35. The fourth-order valence-electron chi connectivity index (χ4n) is 3.42. The molecule has 0 bridgehead atoms. The number of hydrogen-bond acceptors (Lipinski definition) is 4. The van der Waals surface area contributed by atoms with Crippen LogP contribution in [0.25, 0.3) is 0 Å². The van der Waals surface area contributed by atoms with Gasteiger partial charge in [0.1, 0.15) is 0 Å². The van der Waals surface area contributed by atoms with Gasteiger partial charge in [0.05, 0.1) is 0 Å². The lowest BCUT2D eigenvalue weighted by Gasteiger charge is -2.26. The van der Waals surface area contributed by atoms with Crippen molar-refractivity contribution < 1.29 is 9.59 Å². The lowest BCUT2D eigenvalue weighted by atomic mass is 9.80. The van der Waals surface area contributed by atoms with E-state index in [4.69, 9.17) is 20.4 Å². The van der Waals surface area contributed by atoms with E-state index in [2.05, 4.69) is 0 Å². The van der Waals surface area contributed by atoms with Gasteiger partial charge in [-0.15, -0.1) is 0 Å². The van der Waals surface area contributed by atoms with Crippen molar-refractivity contribution in [2.24, 2.45) is 11.8 Å². The first-order chi connectivity index (χ1) is 9.78. The quantitative estimate of drug-likeness (QED) is 0.578. The summed E-state index contributed by atoms with van der Waals surface area (Å²) >= 11 is 0. The lowest BCUT2D eigenvalue weighted by molar-refractivity contribution is 0.273. The van der Waals surface area contributed by atoms with E-state index in [1.165, 1.54) is 38.5 Å². The molecule has 0 spiro atoms. The van der Waals surface area contributed by atoms with Crippen molar-refractivity contribution in [2.75, 3.05) is 0 Å². The van der Waals surface area contributed by atoms with Crippen LogP contribution >= 0.6 is 0 Å². The van der Waals surface area contributed by atoms with Gasteiger partial charge in [-0.2, -0.15) is 0 Å². The normalized spacial score (nSPS) is 19.4. The molecule has 0 aromatic carbocycles. The molecule has 0 aliphatic heterocycles. The van der Waals surface area contributed by atoms with E-state index in [9.17, 15) is 0 Å². The predicted octanol–water partition coefficient (Wildman–Crippen LogP) is 4.73. The standard InChI is InChI=1S/C14H26.2CHNO/c1-3-7-13(8-4-1)11-12-14-9-5-2-6-10-14;2*2-1-3/h13-14H,1-12H2;2*2H. The van der Waals surface area contributed by atoms with E-state index in [1.54, 1.807) is 38.5 Å². The molecule has 0 heterocycles. The highest BCUT2D eigenvalue weighted by Gasteiger charge is 2.17. The van der Waals surface area contributed by atoms with Crippen molar-refractivity contribution >= 4 is 12.2 Å². The fourth-order valence-corrected chi connectivity index (χ4v) is 3.42. The van der Waals surface area contributed by atoms with E-state index in [0.717, 1.165) is 24.0 Å². The SMILES string of the molecule is C1CCC(CCC2CCCCC2)CC1.N=C=O.N=C=O. The van der Waals surface area contributed by atoms with Gasteiger partial charge in [0, 0.05) is 0 Å². The van der Waals surface area contributed by atoms with Gasteiger partial charge in [-0.25, -0.2) is 20.4 Å². The summed E-state index contributed by atoms with van der Waals surface area (Å²) < 4.78 is 0. The monoisotopic (exact) mass is 280 g/mol. The first kappa shape index (κ1) is 18.8. The van der Waals surface area contributed by atoms with E-state index in [1.807, 2.05) is 0 Å². The van der Waals surface area contributed by atoms with Crippen molar-refractivity contribution in [2.45, 2.75) is 77.0 Å². The molecule has 0 amide bonds. The van der Waals surface area contributed by atoms with Crippen LogP contribution in [0.3, 0.4) is 0 Å². The minimum absolute atomic E-state index is 0.750. The first-order valence-corrected chi connectivity index (χ1v) is 7.86. The van der Waals surface area contributed by atoms with Gasteiger partial charge in [0.25, 0.3) is 0 Å². The van der Waals surface area contributed by atoms with Crippen LogP contribution in [-0.2, 0) is 9.59 Å². The lowest BCUT2D eigenvalue weighted by Crippen LogP contribution is -2.11. The second kappa shape index (κ2) is 14.2. The topological polar surface area (TPSA) is 81.8 Å². The molecule has 0 unspecified atom stereocenters. The summed E-state index contributed by atoms with van der Waals surface area (Å²) in [6, 6.07) is 0. The summed E-state index contributed by atoms with van der Waals surface area (Å²) in [5.41, 5.74) is 0.